The summed E-state index contributed by atoms with van der Waals surface area (Å²) in [4.78, 5) is 24.8. The number of hydrogen-bond acceptors (Lipinski definition) is 4. The first-order valence-electron chi connectivity index (χ1n) is 7.41. The van der Waals surface area contributed by atoms with Gasteiger partial charge in [-0.1, -0.05) is 19.9 Å². The summed E-state index contributed by atoms with van der Waals surface area (Å²) in [5.74, 6) is -0.974. The lowest BCUT2D eigenvalue weighted by Gasteiger charge is -2.18. The molecule has 0 aliphatic heterocycles. The molecule has 4 nitrogen and oxygen atoms in total. The highest BCUT2D eigenvalue weighted by Crippen LogP contribution is 2.32. The topological polar surface area (TPSA) is 55.4 Å². The Hall–Kier alpha value is -1.95. The Morgan fingerprint density at radius 1 is 1.35 bits per heavy atom. The van der Waals surface area contributed by atoms with E-state index in [0.29, 0.717) is 26.9 Å². The summed E-state index contributed by atoms with van der Waals surface area (Å²) in [5, 5.41) is 3.17. The second kappa shape index (κ2) is 7.08. The largest absolute Gasteiger partial charge is 0.467 e. The van der Waals surface area contributed by atoms with Crippen LogP contribution in [0.3, 0.4) is 0 Å². The number of thiophene rings is 1. The number of esters is 1. The molecule has 0 saturated heterocycles. The van der Waals surface area contributed by atoms with Gasteiger partial charge in [-0.25, -0.2) is 9.18 Å². The smallest absolute Gasteiger partial charge is 0.328 e. The lowest BCUT2D eigenvalue weighted by molar-refractivity contribution is -0.143. The van der Waals surface area contributed by atoms with Gasteiger partial charge in [-0.3, -0.25) is 4.79 Å². The zero-order chi connectivity index (χ0) is 17.1. The number of fused-ring (bicyclic) bond motifs is 1. The molecular formula is C17H20FNO3S. The number of carbonyl (C=O) groups excluding carboxylic acids is 2. The molecule has 1 aromatic heterocycles. The highest BCUT2D eigenvalue weighted by molar-refractivity contribution is 7.21. The maximum absolute atomic E-state index is 13.9. The molecule has 0 aliphatic carbocycles. The van der Waals surface area contributed by atoms with E-state index in [1.807, 2.05) is 13.8 Å². The molecule has 0 saturated carbocycles. The molecule has 1 atom stereocenters. The van der Waals surface area contributed by atoms with E-state index in [2.05, 4.69) is 5.32 Å². The van der Waals surface area contributed by atoms with Gasteiger partial charge in [0, 0.05) is 10.1 Å². The third kappa shape index (κ3) is 3.69. The van der Waals surface area contributed by atoms with E-state index >= 15 is 0 Å². The van der Waals surface area contributed by atoms with Crippen molar-refractivity contribution in [2.75, 3.05) is 7.11 Å². The van der Waals surface area contributed by atoms with E-state index in [4.69, 9.17) is 4.74 Å². The van der Waals surface area contributed by atoms with Gasteiger partial charge in [0.2, 0.25) is 0 Å². The minimum absolute atomic E-state index is 0.223. The van der Waals surface area contributed by atoms with E-state index < -0.39 is 12.0 Å². The summed E-state index contributed by atoms with van der Waals surface area (Å²) in [6, 6.07) is 4.06. The van der Waals surface area contributed by atoms with Crippen LogP contribution in [0.25, 0.3) is 10.1 Å². The summed E-state index contributed by atoms with van der Waals surface area (Å²) >= 11 is 1.22. The molecule has 23 heavy (non-hydrogen) atoms. The van der Waals surface area contributed by atoms with Crippen LogP contribution in [0.2, 0.25) is 0 Å². The zero-order valence-corrected chi connectivity index (χ0v) is 14.4. The molecule has 1 aromatic carbocycles. The number of benzene rings is 1. The molecule has 0 spiro atoms. The van der Waals surface area contributed by atoms with Gasteiger partial charge >= 0.3 is 5.97 Å². The van der Waals surface area contributed by atoms with Crippen molar-refractivity contribution in [2.45, 2.75) is 33.2 Å². The van der Waals surface area contributed by atoms with Crippen molar-refractivity contribution < 1.29 is 18.7 Å². The summed E-state index contributed by atoms with van der Waals surface area (Å²) in [5.41, 5.74) is 0.591. The van der Waals surface area contributed by atoms with Crippen LogP contribution < -0.4 is 5.32 Å². The van der Waals surface area contributed by atoms with Crippen LogP contribution in [0, 0.1) is 18.7 Å². The maximum atomic E-state index is 13.9. The first kappa shape index (κ1) is 17.4. The number of ether oxygens (including phenoxy) is 1. The minimum atomic E-state index is -0.707. The lowest BCUT2D eigenvalue weighted by Crippen LogP contribution is -2.42. The van der Waals surface area contributed by atoms with E-state index in [-0.39, 0.29) is 17.6 Å². The number of halogens is 1. The Labute approximate surface area is 138 Å². The number of amides is 1. The van der Waals surface area contributed by atoms with Crippen molar-refractivity contribution in [3.63, 3.8) is 0 Å². The third-order valence-corrected chi connectivity index (χ3v) is 4.86. The molecule has 0 radical (unpaired) electrons. The van der Waals surface area contributed by atoms with Crippen molar-refractivity contribution in [1.29, 1.82) is 0 Å². The highest BCUT2D eigenvalue weighted by Gasteiger charge is 2.25. The molecule has 1 unspecified atom stereocenters. The Morgan fingerprint density at radius 2 is 2.04 bits per heavy atom. The fourth-order valence-electron chi connectivity index (χ4n) is 2.52. The quantitative estimate of drug-likeness (QED) is 0.847. The Morgan fingerprint density at radius 3 is 2.61 bits per heavy atom. The molecular weight excluding hydrogens is 317 g/mol. The van der Waals surface area contributed by atoms with Gasteiger partial charge in [-0.15, -0.1) is 11.3 Å². The molecule has 2 rings (SSSR count). The summed E-state index contributed by atoms with van der Waals surface area (Å²) in [6.45, 7) is 5.64. The highest BCUT2D eigenvalue weighted by atomic mass is 32.1. The number of nitrogens with one attached hydrogen (secondary N) is 1. The number of aryl methyl sites for hydroxylation is 1. The van der Waals surface area contributed by atoms with Gasteiger partial charge in [0.25, 0.3) is 5.91 Å². The number of carbonyl (C=O) groups is 2. The fraction of sp³-hybridized carbons (Fsp3) is 0.412. The van der Waals surface area contributed by atoms with Gasteiger partial charge in [0.05, 0.1) is 12.0 Å². The normalized spacial score (nSPS) is 12.4. The molecule has 6 heteroatoms. The SMILES string of the molecule is COC(=O)C(CC(C)C)NC(=O)c1sc2cccc(F)c2c1C. The van der Waals surface area contributed by atoms with Crippen LogP contribution in [-0.4, -0.2) is 25.0 Å². The monoisotopic (exact) mass is 337 g/mol. The molecule has 1 heterocycles. The van der Waals surface area contributed by atoms with Crippen LogP contribution >= 0.6 is 11.3 Å². The van der Waals surface area contributed by atoms with E-state index in [9.17, 15) is 14.0 Å². The average molecular weight is 337 g/mol. The van der Waals surface area contributed by atoms with Gasteiger partial charge in [0.1, 0.15) is 11.9 Å². The fourth-order valence-corrected chi connectivity index (χ4v) is 3.65. The van der Waals surface area contributed by atoms with E-state index in [0.717, 1.165) is 0 Å². The first-order valence-corrected chi connectivity index (χ1v) is 8.23. The predicted molar refractivity (Wildman–Crippen MR) is 89.2 cm³/mol. The van der Waals surface area contributed by atoms with Crippen molar-refractivity contribution >= 4 is 33.3 Å². The summed E-state index contributed by atoms with van der Waals surface area (Å²) in [7, 11) is 1.29. The molecule has 0 fully saturated rings. The molecule has 0 aliphatic rings. The van der Waals surface area contributed by atoms with Crippen LogP contribution in [0.5, 0.6) is 0 Å². The molecule has 1 amide bonds. The second-order valence-electron chi connectivity index (χ2n) is 5.85. The van der Waals surface area contributed by atoms with Crippen molar-refractivity contribution in [3.05, 3.63) is 34.5 Å². The third-order valence-electron chi connectivity index (χ3n) is 3.61. The Balaban J connectivity index is 2.31. The Bertz CT molecular complexity index is 739. The summed E-state index contributed by atoms with van der Waals surface area (Å²) < 4.78 is 19.4. The van der Waals surface area contributed by atoms with Crippen molar-refractivity contribution in [2.24, 2.45) is 5.92 Å². The maximum Gasteiger partial charge on any atom is 0.328 e. The Kier molecular flexibility index (Phi) is 5.36. The first-order chi connectivity index (χ1) is 10.8. The van der Waals surface area contributed by atoms with Crippen LogP contribution in [-0.2, 0) is 9.53 Å². The molecule has 2 aromatic rings. The van der Waals surface area contributed by atoms with Crippen molar-refractivity contribution in [3.8, 4) is 0 Å². The number of hydrogen-bond donors (Lipinski definition) is 1. The van der Waals surface area contributed by atoms with Gasteiger partial charge in [-0.2, -0.15) is 0 Å². The lowest BCUT2D eigenvalue weighted by atomic mass is 10.0. The average Bonchev–Trinajstić information content (AvgIpc) is 2.83. The van der Waals surface area contributed by atoms with E-state index in [1.54, 1.807) is 19.1 Å². The molecule has 1 N–H and O–H groups in total. The standard InChI is InChI=1S/C17H20FNO3S/c1-9(2)8-12(17(21)22-4)19-16(20)15-10(3)14-11(18)6-5-7-13(14)23-15/h5-7,9,12H,8H2,1-4H3,(H,19,20). The van der Waals surface area contributed by atoms with Gasteiger partial charge < -0.3 is 10.1 Å². The van der Waals surface area contributed by atoms with E-state index in [1.165, 1.54) is 24.5 Å². The molecule has 0 bridgehead atoms. The van der Waals surface area contributed by atoms with Gasteiger partial charge in [0.15, 0.2) is 0 Å². The predicted octanol–water partition coefficient (Wildman–Crippen LogP) is 3.67. The second-order valence-corrected chi connectivity index (χ2v) is 6.90. The molecule has 124 valence electrons. The number of methoxy groups -OCH3 is 1. The van der Waals surface area contributed by atoms with Gasteiger partial charge in [-0.05, 0) is 37.0 Å². The van der Waals surface area contributed by atoms with Crippen LogP contribution in [0.4, 0.5) is 4.39 Å². The van der Waals surface area contributed by atoms with Crippen molar-refractivity contribution in [1.82, 2.24) is 5.32 Å². The van der Waals surface area contributed by atoms with Crippen LogP contribution in [0.1, 0.15) is 35.5 Å². The minimum Gasteiger partial charge on any atom is -0.467 e. The van der Waals surface area contributed by atoms with Crippen LogP contribution in [0.15, 0.2) is 18.2 Å². The zero-order valence-electron chi connectivity index (χ0n) is 13.6. The summed E-state index contributed by atoms with van der Waals surface area (Å²) in [6.07, 6.45) is 0.483. The number of rotatable bonds is 5.